The maximum Gasteiger partial charge on any atom is 0.265 e. The third kappa shape index (κ3) is 3.56. The lowest BCUT2D eigenvalue weighted by Crippen LogP contribution is -2.40. The van der Waals surface area contributed by atoms with Gasteiger partial charge in [-0.3, -0.25) is 4.79 Å². The van der Waals surface area contributed by atoms with E-state index in [9.17, 15) is 4.79 Å². The summed E-state index contributed by atoms with van der Waals surface area (Å²) in [5, 5.41) is 0. The van der Waals surface area contributed by atoms with Crippen molar-refractivity contribution in [3.05, 3.63) is 23.8 Å². The van der Waals surface area contributed by atoms with Crippen LogP contribution in [0.5, 0.6) is 5.75 Å². The molecule has 4 nitrogen and oxygen atoms in total. The number of rotatable bonds is 6. The highest BCUT2D eigenvalue weighted by Crippen LogP contribution is 2.33. The Hall–Kier alpha value is -1.55. The summed E-state index contributed by atoms with van der Waals surface area (Å²) < 4.78 is 5.51. The molecule has 0 aliphatic carbocycles. The second kappa shape index (κ2) is 6.94. The Bertz CT molecular complexity index is 500. The summed E-state index contributed by atoms with van der Waals surface area (Å²) in [5.41, 5.74) is 7.59. The molecule has 116 valence electrons. The quantitative estimate of drug-likeness (QED) is 0.876. The Morgan fingerprint density at radius 3 is 2.76 bits per heavy atom. The summed E-state index contributed by atoms with van der Waals surface area (Å²) >= 11 is 0. The van der Waals surface area contributed by atoms with Gasteiger partial charge in [0, 0.05) is 13.1 Å². The maximum atomic E-state index is 12.2. The number of hydrogen-bond donors (Lipinski definition) is 1. The third-order valence-corrected chi connectivity index (χ3v) is 4.39. The molecular weight excluding hydrogens is 264 g/mol. The second-order valence-corrected chi connectivity index (χ2v) is 6.04. The highest BCUT2D eigenvalue weighted by Gasteiger charge is 2.26. The van der Waals surface area contributed by atoms with Gasteiger partial charge in [-0.25, -0.2) is 0 Å². The summed E-state index contributed by atoms with van der Waals surface area (Å²) in [6, 6.07) is 5.84. The van der Waals surface area contributed by atoms with Gasteiger partial charge in [-0.05, 0) is 36.0 Å². The number of carbonyl (C=O) groups excluding carboxylic acids is 1. The van der Waals surface area contributed by atoms with Crippen LogP contribution in [0.25, 0.3) is 0 Å². The number of ether oxygens (including phenoxy) is 1. The van der Waals surface area contributed by atoms with Crippen molar-refractivity contribution >= 4 is 11.6 Å². The maximum absolute atomic E-state index is 12.2. The Kier molecular flexibility index (Phi) is 5.23. The molecule has 2 N–H and O–H groups in total. The molecule has 1 atom stereocenters. The number of benzene rings is 1. The Morgan fingerprint density at radius 1 is 1.38 bits per heavy atom. The van der Waals surface area contributed by atoms with Crippen molar-refractivity contribution in [2.45, 2.75) is 40.2 Å². The molecule has 1 aliphatic rings. The summed E-state index contributed by atoms with van der Waals surface area (Å²) in [4.78, 5) is 14.1. The number of nitrogens with zero attached hydrogens (tertiary/aromatic N) is 1. The fraction of sp³-hybridized carbons (Fsp3) is 0.588. The van der Waals surface area contributed by atoms with Crippen LogP contribution in [0.15, 0.2) is 18.2 Å². The molecule has 1 unspecified atom stereocenters. The van der Waals surface area contributed by atoms with E-state index in [1.165, 1.54) is 0 Å². The molecule has 0 fully saturated rings. The molecule has 1 aromatic rings. The van der Waals surface area contributed by atoms with Gasteiger partial charge in [0.25, 0.3) is 5.91 Å². The summed E-state index contributed by atoms with van der Waals surface area (Å²) in [7, 11) is 0. The molecule has 0 saturated heterocycles. The van der Waals surface area contributed by atoms with E-state index < -0.39 is 0 Å². The van der Waals surface area contributed by atoms with Crippen LogP contribution in [0.3, 0.4) is 0 Å². The van der Waals surface area contributed by atoms with E-state index in [-0.39, 0.29) is 12.5 Å². The molecule has 1 amide bonds. The van der Waals surface area contributed by atoms with E-state index in [1.54, 1.807) is 0 Å². The zero-order valence-electron chi connectivity index (χ0n) is 13.3. The lowest BCUT2D eigenvalue weighted by Gasteiger charge is -2.31. The average molecular weight is 290 g/mol. The van der Waals surface area contributed by atoms with Crippen molar-refractivity contribution in [1.82, 2.24) is 0 Å². The zero-order chi connectivity index (χ0) is 15.4. The predicted molar refractivity (Wildman–Crippen MR) is 85.4 cm³/mol. The first-order valence-corrected chi connectivity index (χ1v) is 7.83. The smallest absolute Gasteiger partial charge is 0.265 e. The lowest BCUT2D eigenvalue weighted by molar-refractivity contribution is -0.121. The number of amides is 1. The molecule has 1 aromatic carbocycles. The monoisotopic (exact) mass is 290 g/mol. The van der Waals surface area contributed by atoms with Crippen LogP contribution in [0.2, 0.25) is 0 Å². The van der Waals surface area contributed by atoms with Crippen LogP contribution in [0, 0.1) is 11.8 Å². The van der Waals surface area contributed by atoms with Gasteiger partial charge in [0.1, 0.15) is 5.75 Å². The molecular formula is C17H26N2O2. The molecule has 1 heterocycles. The molecule has 0 aromatic heterocycles. The first-order valence-electron chi connectivity index (χ1n) is 7.83. The summed E-state index contributed by atoms with van der Waals surface area (Å²) in [5.74, 6) is 2.10. The minimum absolute atomic E-state index is 0.0373. The highest BCUT2D eigenvalue weighted by atomic mass is 16.5. The molecule has 0 bridgehead atoms. The zero-order valence-corrected chi connectivity index (χ0v) is 13.3. The fourth-order valence-electron chi connectivity index (χ4n) is 2.92. The van der Waals surface area contributed by atoms with Crippen LogP contribution in [0.4, 0.5) is 5.69 Å². The van der Waals surface area contributed by atoms with E-state index in [0.29, 0.717) is 18.4 Å². The van der Waals surface area contributed by atoms with E-state index in [2.05, 4.69) is 20.8 Å². The Morgan fingerprint density at radius 2 is 2.14 bits per heavy atom. The van der Waals surface area contributed by atoms with Gasteiger partial charge in [0.15, 0.2) is 6.61 Å². The number of fused-ring (bicyclic) bond motifs is 1. The average Bonchev–Trinajstić information content (AvgIpc) is 2.48. The van der Waals surface area contributed by atoms with Gasteiger partial charge >= 0.3 is 0 Å². The van der Waals surface area contributed by atoms with Gasteiger partial charge in [-0.15, -0.1) is 0 Å². The van der Waals surface area contributed by atoms with Crippen LogP contribution < -0.4 is 15.4 Å². The van der Waals surface area contributed by atoms with Gasteiger partial charge in [-0.2, -0.15) is 0 Å². The van der Waals surface area contributed by atoms with E-state index in [0.717, 1.165) is 36.4 Å². The van der Waals surface area contributed by atoms with Crippen molar-refractivity contribution in [2.75, 3.05) is 18.1 Å². The molecule has 21 heavy (non-hydrogen) atoms. The Labute approximate surface area is 127 Å². The Balaban J connectivity index is 2.17. The van der Waals surface area contributed by atoms with Crippen molar-refractivity contribution in [3.8, 4) is 5.75 Å². The number of nitrogens with two attached hydrogens (primary N) is 1. The molecule has 0 saturated carbocycles. The topological polar surface area (TPSA) is 55.6 Å². The molecule has 0 spiro atoms. The van der Waals surface area contributed by atoms with Gasteiger partial charge in [0.2, 0.25) is 0 Å². The first kappa shape index (κ1) is 15.8. The standard InChI is InChI=1S/C17H26N2O2/c1-4-14(12(2)3)7-8-19-15-9-13(10-18)5-6-16(15)21-11-17(19)20/h5-6,9,12,14H,4,7-8,10-11,18H2,1-3H3. The minimum atomic E-state index is 0.0373. The predicted octanol–water partition coefficient (Wildman–Crippen LogP) is 2.94. The summed E-state index contributed by atoms with van der Waals surface area (Å²) in [6.45, 7) is 8.06. The molecule has 4 heteroatoms. The number of anilines is 1. The number of hydrogen-bond acceptors (Lipinski definition) is 3. The summed E-state index contributed by atoms with van der Waals surface area (Å²) in [6.07, 6.45) is 2.16. The molecule has 1 aliphatic heterocycles. The minimum Gasteiger partial charge on any atom is -0.482 e. The van der Waals surface area contributed by atoms with Gasteiger partial charge < -0.3 is 15.4 Å². The van der Waals surface area contributed by atoms with Crippen LogP contribution in [-0.2, 0) is 11.3 Å². The van der Waals surface area contributed by atoms with Crippen LogP contribution >= 0.6 is 0 Å². The van der Waals surface area contributed by atoms with Crippen LogP contribution in [0.1, 0.15) is 39.2 Å². The van der Waals surface area contributed by atoms with E-state index >= 15 is 0 Å². The fourth-order valence-corrected chi connectivity index (χ4v) is 2.92. The van der Waals surface area contributed by atoms with Gasteiger partial charge in [-0.1, -0.05) is 33.3 Å². The third-order valence-electron chi connectivity index (χ3n) is 4.39. The normalized spacial score (nSPS) is 15.9. The second-order valence-electron chi connectivity index (χ2n) is 6.04. The first-order chi connectivity index (χ1) is 10.1. The van der Waals surface area contributed by atoms with Gasteiger partial charge in [0.05, 0.1) is 5.69 Å². The van der Waals surface area contributed by atoms with Crippen molar-refractivity contribution in [1.29, 1.82) is 0 Å². The SMILES string of the molecule is CCC(CCN1C(=O)COc2ccc(CN)cc21)C(C)C. The highest BCUT2D eigenvalue weighted by molar-refractivity contribution is 5.97. The van der Waals surface area contributed by atoms with Crippen molar-refractivity contribution < 1.29 is 9.53 Å². The lowest BCUT2D eigenvalue weighted by atomic mass is 9.90. The largest absolute Gasteiger partial charge is 0.482 e. The number of carbonyl (C=O) groups is 1. The van der Waals surface area contributed by atoms with Crippen molar-refractivity contribution in [2.24, 2.45) is 17.6 Å². The van der Waals surface area contributed by atoms with E-state index in [1.807, 2.05) is 23.1 Å². The van der Waals surface area contributed by atoms with E-state index in [4.69, 9.17) is 10.5 Å². The molecule has 2 rings (SSSR count). The molecule has 0 radical (unpaired) electrons. The van der Waals surface area contributed by atoms with Crippen LogP contribution in [-0.4, -0.2) is 19.1 Å². The van der Waals surface area contributed by atoms with Crippen molar-refractivity contribution in [3.63, 3.8) is 0 Å².